The van der Waals surface area contributed by atoms with Gasteiger partial charge in [0, 0.05) is 29.4 Å². The Labute approximate surface area is 98.4 Å². The molecule has 2 heterocycles. The molecule has 0 saturated carbocycles. The first kappa shape index (κ1) is 10.1. The topological polar surface area (TPSA) is 55.2 Å². The van der Waals surface area contributed by atoms with Crippen LogP contribution in [0.3, 0.4) is 0 Å². The van der Waals surface area contributed by atoms with Crippen LogP contribution in [0, 0.1) is 0 Å². The van der Waals surface area contributed by atoms with Crippen LogP contribution in [0.5, 0.6) is 0 Å². The van der Waals surface area contributed by atoms with E-state index in [1.165, 1.54) is 9.98 Å². The van der Waals surface area contributed by atoms with Gasteiger partial charge in [-0.25, -0.2) is 0 Å². The minimum atomic E-state index is -0.369. The number of nitrogens with one attached hydrogen (secondary N) is 1. The summed E-state index contributed by atoms with van der Waals surface area (Å²) in [5, 5.41) is 15.4. The Bertz CT molecular complexity index is 426. The molecule has 8 heteroatoms. The van der Waals surface area contributed by atoms with Crippen LogP contribution in [0.2, 0.25) is 0 Å². The molecular weight excluding hydrogens is 260 g/mol. The maximum absolute atomic E-state index is 11.3. The van der Waals surface area contributed by atoms with Gasteiger partial charge in [-0.05, 0) is 11.8 Å². The summed E-state index contributed by atoms with van der Waals surface area (Å²) in [5.41, 5.74) is 0. The van der Waals surface area contributed by atoms with Gasteiger partial charge in [-0.3, -0.25) is 4.79 Å². The summed E-state index contributed by atoms with van der Waals surface area (Å²) in [5.74, 6) is -0.658. The van der Waals surface area contributed by atoms with Crippen molar-refractivity contribution in [3.63, 3.8) is 0 Å². The van der Waals surface area contributed by atoms with Gasteiger partial charge in [0.25, 0.3) is 0 Å². The van der Waals surface area contributed by atoms with Crippen molar-refractivity contribution in [2.24, 2.45) is 0 Å². The summed E-state index contributed by atoms with van der Waals surface area (Å²) < 4.78 is 1.90. The molecule has 0 spiro atoms. The maximum atomic E-state index is 11.3. The first-order valence-electron chi connectivity index (χ1n) is 3.37. The SMILES string of the molecule is O=C1NC(=S)S/C1=[N+]1\C(=S)SC=C1[O-]. The molecule has 14 heavy (non-hydrogen) atoms. The number of carbonyl (C=O) groups excluding carboxylic acids is 1. The van der Waals surface area contributed by atoms with Crippen molar-refractivity contribution in [3.05, 3.63) is 11.3 Å². The summed E-state index contributed by atoms with van der Waals surface area (Å²) in [7, 11) is 0. The number of thiocarbonyl (C=S) groups is 2. The zero-order chi connectivity index (χ0) is 10.3. The van der Waals surface area contributed by atoms with Gasteiger partial charge in [-0.15, -0.1) is 4.58 Å². The first-order chi connectivity index (χ1) is 6.59. The largest absolute Gasteiger partial charge is 0.822 e. The van der Waals surface area contributed by atoms with Gasteiger partial charge in [0.15, 0.2) is 10.2 Å². The molecule has 1 saturated heterocycles. The number of hydrogen-bond donors (Lipinski definition) is 1. The highest BCUT2D eigenvalue weighted by Crippen LogP contribution is 2.23. The molecule has 0 bridgehead atoms. The molecule has 1 N–H and O–H groups in total. The smallest absolute Gasteiger partial charge is 0.329 e. The summed E-state index contributed by atoms with van der Waals surface area (Å²) >= 11 is 11.9. The van der Waals surface area contributed by atoms with Gasteiger partial charge in [-0.2, -0.15) is 0 Å². The predicted molar refractivity (Wildman–Crippen MR) is 61.9 cm³/mol. The van der Waals surface area contributed by atoms with Gasteiger partial charge in [-0.1, -0.05) is 12.2 Å². The van der Waals surface area contributed by atoms with Crippen molar-refractivity contribution in [1.29, 1.82) is 0 Å². The molecule has 1 amide bonds. The van der Waals surface area contributed by atoms with Crippen molar-refractivity contribution in [2.75, 3.05) is 0 Å². The second-order valence-electron chi connectivity index (χ2n) is 2.32. The second-order valence-corrected chi connectivity index (χ2v) is 5.49. The fraction of sp³-hybridized carbons (Fsp3) is 0. The Balaban J connectivity index is 2.50. The summed E-state index contributed by atoms with van der Waals surface area (Å²) in [6.45, 7) is 0. The third-order valence-electron chi connectivity index (χ3n) is 1.47. The van der Waals surface area contributed by atoms with Gasteiger partial charge in [0.1, 0.15) is 0 Å². The molecule has 0 aliphatic carbocycles. The highest BCUT2D eigenvalue weighted by Gasteiger charge is 2.37. The molecule has 0 unspecified atom stereocenters. The molecule has 0 radical (unpaired) electrons. The van der Waals surface area contributed by atoms with Crippen LogP contribution in [-0.2, 0) is 4.79 Å². The number of thioether (sulfide) groups is 2. The third-order valence-corrected chi connectivity index (χ3v) is 3.84. The molecular formula is C6H2N2O2S4. The lowest BCUT2D eigenvalue weighted by Gasteiger charge is -2.01. The Kier molecular flexibility index (Phi) is 2.60. The summed E-state index contributed by atoms with van der Waals surface area (Å²) in [6.07, 6.45) is 0. The van der Waals surface area contributed by atoms with Crippen molar-refractivity contribution in [2.45, 2.75) is 0 Å². The number of nitrogens with zero attached hydrogens (tertiary/aromatic N) is 1. The van der Waals surface area contributed by atoms with E-state index in [-0.39, 0.29) is 16.8 Å². The number of rotatable bonds is 0. The van der Waals surface area contributed by atoms with Crippen LogP contribution in [0.1, 0.15) is 0 Å². The van der Waals surface area contributed by atoms with Crippen LogP contribution >= 0.6 is 48.0 Å². The first-order valence-corrected chi connectivity index (χ1v) is 5.89. The van der Waals surface area contributed by atoms with E-state index in [2.05, 4.69) is 5.32 Å². The van der Waals surface area contributed by atoms with Gasteiger partial charge in [0.05, 0.1) is 0 Å². The molecule has 0 aromatic heterocycles. The van der Waals surface area contributed by atoms with Crippen LogP contribution in [0.15, 0.2) is 11.3 Å². The van der Waals surface area contributed by atoms with Crippen molar-refractivity contribution in [3.8, 4) is 0 Å². The lowest BCUT2D eigenvalue weighted by atomic mass is 10.6. The molecule has 2 aliphatic rings. The normalized spacial score (nSPS) is 26.9. The molecule has 72 valence electrons. The van der Waals surface area contributed by atoms with Gasteiger partial charge >= 0.3 is 15.3 Å². The van der Waals surface area contributed by atoms with E-state index in [1.54, 1.807) is 0 Å². The lowest BCUT2D eigenvalue weighted by Crippen LogP contribution is -2.31. The van der Waals surface area contributed by atoms with Gasteiger partial charge in [0.2, 0.25) is 0 Å². The standard InChI is InChI=1S/C6H2N2O2S4/c9-2-1-13-6(12)8(2)4-3(10)7-5(11)14-4/h1H,(H-,7,9,10,11)/b8-4-. The summed E-state index contributed by atoms with van der Waals surface area (Å²) in [4.78, 5) is 11.3. The second kappa shape index (κ2) is 3.61. The third kappa shape index (κ3) is 1.58. The predicted octanol–water partition coefficient (Wildman–Crippen LogP) is -0.264. The molecule has 1 fully saturated rings. The van der Waals surface area contributed by atoms with E-state index in [9.17, 15) is 9.90 Å². The number of amides is 1. The highest BCUT2D eigenvalue weighted by molar-refractivity contribution is 8.35. The van der Waals surface area contributed by atoms with E-state index in [1.807, 2.05) is 0 Å². The molecule has 0 atom stereocenters. The Morgan fingerprint density at radius 2 is 2.21 bits per heavy atom. The van der Waals surface area contributed by atoms with E-state index in [4.69, 9.17) is 24.4 Å². The number of carbonyl (C=O) groups is 1. The molecule has 2 rings (SSSR count). The van der Waals surface area contributed by atoms with Crippen molar-refractivity contribution in [1.82, 2.24) is 5.32 Å². The lowest BCUT2D eigenvalue weighted by molar-refractivity contribution is -0.521. The Hall–Kier alpha value is -0.440. The Morgan fingerprint density at radius 3 is 2.64 bits per heavy atom. The average Bonchev–Trinajstić information content (AvgIpc) is 2.57. The van der Waals surface area contributed by atoms with Crippen LogP contribution in [-0.4, -0.2) is 24.2 Å². The fourth-order valence-corrected chi connectivity index (χ4v) is 3.03. The minimum Gasteiger partial charge on any atom is -0.822 e. The van der Waals surface area contributed by atoms with Crippen LogP contribution < -0.4 is 10.4 Å². The van der Waals surface area contributed by atoms with Gasteiger partial charge < -0.3 is 10.4 Å². The average molecular weight is 262 g/mol. The van der Waals surface area contributed by atoms with Crippen LogP contribution in [0.4, 0.5) is 0 Å². The zero-order valence-electron chi connectivity index (χ0n) is 6.47. The maximum Gasteiger partial charge on any atom is 0.329 e. The molecule has 0 aromatic rings. The van der Waals surface area contributed by atoms with E-state index >= 15 is 0 Å². The monoisotopic (exact) mass is 262 g/mol. The van der Waals surface area contributed by atoms with E-state index in [0.717, 1.165) is 23.5 Å². The van der Waals surface area contributed by atoms with Crippen LogP contribution in [0.25, 0.3) is 0 Å². The molecule has 2 aliphatic heterocycles. The van der Waals surface area contributed by atoms with Crippen molar-refractivity contribution >= 4 is 67.6 Å². The van der Waals surface area contributed by atoms with E-state index in [0.29, 0.717) is 8.64 Å². The number of hydrogen-bond acceptors (Lipinski definition) is 6. The fourth-order valence-electron chi connectivity index (χ4n) is 0.932. The molecule has 4 nitrogen and oxygen atoms in total. The molecule has 0 aromatic carbocycles. The zero-order valence-corrected chi connectivity index (χ0v) is 9.74. The quantitative estimate of drug-likeness (QED) is 0.479. The van der Waals surface area contributed by atoms with E-state index < -0.39 is 0 Å². The summed E-state index contributed by atoms with van der Waals surface area (Å²) in [6, 6.07) is 0. The highest BCUT2D eigenvalue weighted by atomic mass is 32.2. The minimum absolute atomic E-state index is 0.242. The Morgan fingerprint density at radius 1 is 1.50 bits per heavy atom. The van der Waals surface area contributed by atoms with Crippen molar-refractivity contribution < 1.29 is 14.5 Å².